The smallest absolute Gasteiger partial charge is 0.294 e. The Balaban J connectivity index is 1.38. The first-order valence-electron chi connectivity index (χ1n) is 10.8. The number of imide groups is 1. The van der Waals surface area contributed by atoms with Crippen LogP contribution in [0.3, 0.4) is 0 Å². The average Bonchev–Trinajstić information content (AvgIpc) is 3.50. The number of hydrogen-bond acceptors (Lipinski definition) is 6. The third-order valence-corrected chi connectivity index (χ3v) is 7.34. The van der Waals surface area contributed by atoms with Crippen LogP contribution in [0.1, 0.15) is 26.2 Å². The summed E-state index contributed by atoms with van der Waals surface area (Å²) in [6.07, 6.45) is 7.15. The summed E-state index contributed by atoms with van der Waals surface area (Å²) in [6, 6.07) is 4.99. The lowest BCUT2D eigenvalue weighted by atomic mass is 9.85. The van der Waals surface area contributed by atoms with E-state index in [2.05, 4.69) is 17.1 Å². The number of nitro benzene ring substituents is 1. The number of carbonyl (C=O) groups is 2. The molecule has 4 aliphatic rings. The number of rotatable bonds is 6. The van der Waals surface area contributed by atoms with Crippen LogP contribution in [0.2, 0.25) is 0 Å². The van der Waals surface area contributed by atoms with Gasteiger partial charge in [0.1, 0.15) is 5.69 Å². The predicted octanol–water partition coefficient (Wildman–Crippen LogP) is 2.80. The van der Waals surface area contributed by atoms with Crippen LogP contribution in [0, 0.1) is 33.8 Å². The lowest BCUT2D eigenvalue weighted by molar-refractivity contribution is -0.383. The van der Waals surface area contributed by atoms with Crippen molar-refractivity contribution in [1.82, 2.24) is 4.90 Å². The van der Waals surface area contributed by atoms with E-state index in [0.717, 1.165) is 32.4 Å². The van der Waals surface area contributed by atoms with Crippen molar-refractivity contribution in [2.24, 2.45) is 23.7 Å². The summed E-state index contributed by atoms with van der Waals surface area (Å²) in [4.78, 5) is 40.8. The molecule has 1 aromatic rings. The fourth-order valence-electron chi connectivity index (χ4n) is 5.89. The van der Waals surface area contributed by atoms with Crippen molar-refractivity contribution in [2.75, 3.05) is 29.9 Å². The van der Waals surface area contributed by atoms with E-state index in [1.807, 2.05) is 12.2 Å². The topological polar surface area (TPSA) is 95.8 Å². The van der Waals surface area contributed by atoms with Crippen molar-refractivity contribution in [1.29, 1.82) is 0 Å². The van der Waals surface area contributed by atoms with Crippen LogP contribution in [0.5, 0.6) is 0 Å². The second kappa shape index (κ2) is 7.19. The van der Waals surface area contributed by atoms with Crippen LogP contribution in [-0.2, 0) is 9.59 Å². The second-order valence-corrected chi connectivity index (χ2v) is 8.78. The number of likely N-dealkylation sites (tertiary alicyclic amines) is 1. The Hall–Kier alpha value is -2.74. The minimum Gasteiger partial charge on any atom is -0.378 e. The van der Waals surface area contributed by atoms with E-state index in [1.54, 1.807) is 12.1 Å². The maximum Gasteiger partial charge on any atom is 0.294 e. The zero-order valence-corrected chi connectivity index (χ0v) is 17.0. The number of anilines is 2. The van der Waals surface area contributed by atoms with Crippen molar-refractivity contribution in [3.05, 3.63) is 40.5 Å². The summed E-state index contributed by atoms with van der Waals surface area (Å²) in [5.41, 5.74) is 0.618. The van der Waals surface area contributed by atoms with Gasteiger partial charge >= 0.3 is 0 Å². The van der Waals surface area contributed by atoms with Gasteiger partial charge in [-0.15, -0.1) is 0 Å². The van der Waals surface area contributed by atoms with Gasteiger partial charge in [-0.3, -0.25) is 24.6 Å². The number of hydrogen-bond donors (Lipinski definition) is 1. The molecule has 1 N–H and O–H groups in total. The number of nitro groups is 1. The van der Waals surface area contributed by atoms with Crippen molar-refractivity contribution in [3.8, 4) is 0 Å². The van der Waals surface area contributed by atoms with Crippen LogP contribution in [0.4, 0.5) is 17.1 Å². The van der Waals surface area contributed by atoms with Crippen molar-refractivity contribution in [2.45, 2.75) is 32.2 Å². The molecule has 2 aliphatic carbocycles. The molecule has 1 aromatic carbocycles. The first-order valence-corrected chi connectivity index (χ1v) is 10.8. The Morgan fingerprint density at radius 3 is 2.50 bits per heavy atom. The van der Waals surface area contributed by atoms with Crippen LogP contribution in [0.25, 0.3) is 0 Å². The molecule has 8 heteroatoms. The van der Waals surface area contributed by atoms with Crippen LogP contribution < -0.4 is 10.2 Å². The molecule has 5 rings (SSSR count). The van der Waals surface area contributed by atoms with Gasteiger partial charge in [-0.25, -0.2) is 4.90 Å². The van der Waals surface area contributed by atoms with Gasteiger partial charge in [0.2, 0.25) is 11.8 Å². The van der Waals surface area contributed by atoms with Crippen molar-refractivity contribution < 1.29 is 14.5 Å². The molecule has 5 atom stereocenters. The van der Waals surface area contributed by atoms with Crippen LogP contribution in [-0.4, -0.2) is 47.3 Å². The van der Waals surface area contributed by atoms with Gasteiger partial charge in [0.15, 0.2) is 0 Å². The molecule has 0 radical (unpaired) electrons. The number of amides is 2. The monoisotopic (exact) mass is 410 g/mol. The molecule has 0 spiro atoms. The number of benzene rings is 1. The lowest BCUT2D eigenvalue weighted by Crippen LogP contribution is -2.35. The Labute approximate surface area is 175 Å². The lowest BCUT2D eigenvalue weighted by Gasteiger charge is -2.23. The number of allylic oxidation sites excluding steroid dienone is 2. The third kappa shape index (κ3) is 2.85. The molecule has 3 fully saturated rings. The van der Waals surface area contributed by atoms with Gasteiger partial charge in [-0.05, 0) is 56.3 Å². The zero-order chi connectivity index (χ0) is 21.0. The summed E-state index contributed by atoms with van der Waals surface area (Å²) in [5, 5.41) is 15.0. The largest absolute Gasteiger partial charge is 0.378 e. The predicted molar refractivity (Wildman–Crippen MR) is 112 cm³/mol. The number of carbonyl (C=O) groups excluding carboxylic acids is 2. The number of likely N-dealkylation sites (N-methyl/N-ethyl adjacent to an activating group) is 1. The van der Waals surface area contributed by atoms with Gasteiger partial charge in [-0.2, -0.15) is 0 Å². The molecule has 30 heavy (non-hydrogen) atoms. The first-order chi connectivity index (χ1) is 14.5. The zero-order valence-electron chi connectivity index (χ0n) is 17.0. The Morgan fingerprint density at radius 1 is 1.17 bits per heavy atom. The maximum absolute atomic E-state index is 13.0. The molecular weight excluding hydrogens is 384 g/mol. The fraction of sp³-hybridized carbons (Fsp3) is 0.545. The summed E-state index contributed by atoms with van der Waals surface area (Å²) in [7, 11) is 0. The number of nitrogens with one attached hydrogen (secondary N) is 1. The highest BCUT2D eigenvalue weighted by atomic mass is 16.6. The van der Waals surface area contributed by atoms with Crippen LogP contribution in [0.15, 0.2) is 30.4 Å². The van der Waals surface area contributed by atoms with Crippen LogP contribution >= 0.6 is 0 Å². The highest BCUT2D eigenvalue weighted by Crippen LogP contribution is 2.53. The molecule has 8 nitrogen and oxygen atoms in total. The average molecular weight is 410 g/mol. The van der Waals surface area contributed by atoms with Gasteiger partial charge in [0.25, 0.3) is 5.69 Å². The molecule has 2 heterocycles. The molecule has 2 amide bonds. The summed E-state index contributed by atoms with van der Waals surface area (Å²) in [5.74, 6) is -0.836. The quantitative estimate of drug-likeness (QED) is 0.335. The highest BCUT2D eigenvalue weighted by molar-refractivity contribution is 6.23. The summed E-state index contributed by atoms with van der Waals surface area (Å²) < 4.78 is 0. The maximum atomic E-state index is 13.0. The molecule has 2 bridgehead atoms. The second-order valence-electron chi connectivity index (χ2n) is 8.78. The Bertz CT molecular complexity index is 915. The third-order valence-electron chi connectivity index (χ3n) is 7.34. The van der Waals surface area contributed by atoms with E-state index in [1.165, 1.54) is 11.0 Å². The van der Waals surface area contributed by atoms with E-state index in [0.29, 0.717) is 24.0 Å². The minimum atomic E-state index is -0.449. The molecule has 0 aromatic heterocycles. The molecule has 0 unspecified atom stereocenters. The van der Waals surface area contributed by atoms with E-state index < -0.39 is 4.92 Å². The van der Waals surface area contributed by atoms with Gasteiger partial charge < -0.3 is 5.32 Å². The Kier molecular flexibility index (Phi) is 4.61. The fourth-order valence-corrected chi connectivity index (χ4v) is 5.89. The summed E-state index contributed by atoms with van der Waals surface area (Å²) >= 11 is 0. The van der Waals surface area contributed by atoms with Crippen molar-refractivity contribution in [3.63, 3.8) is 0 Å². The SMILES string of the molecule is CCN1CCC[C@@H]1CNc1ccc(N2C(=O)[C@@H]3[C@H](C2=O)[C@H]2C=C[C@H]3C2)cc1[N+](=O)[O-]. The first kappa shape index (κ1) is 19.2. The van der Waals surface area contributed by atoms with Crippen molar-refractivity contribution >= 4 is 28.9 Å². The van der Waals surface area contributed by atoms with E-state index in [9.17, 15) is 19.7 Å². The molecule has 1 saturated carbocycles. The minimum absolute atomic E-state index is 0.104. The van der Waals surface area contributed by atoms with E-state index in [4.69, 9.17) is 0 Å². The number of nitrogens with zero attached hydrogens (tertiary/aromatic N) is 3. The van der Waals surface area contributed by atoms with Gasteiger partial charge in [0.05, 0.1) is 22.4 Å². The molecule has 2 aliphatic heterocycles. The molecule has 2 saturated heterocycles. The normalized spacial score (nSPS) is 32.3. The summed E-state index contributed by atoms with van der Waals surface area (Å²) in [6.45, 7) is 4.78. The standard InChI is InChI=1S/C22H26N4O4/c1-2-24-9-3-4-16(24)12-23-17-8-7-15(11-18(17)26(29)30)25-21(27)19-13-5-6-14(10-13)20(19)22(25)28/h5-8,11,13-14,16,19-20,23H,2-4,9-10,12H2,1H3/t13-,14-,16+,19-,20+/m0/s1. The molecular formula is C22H26N4O4. The molecule has 158 valence electrons. The van der Waals surface area contributed by atoms with Gasteiger partial charge in [-0.1, -0.05) is 19.1 Å². The Morgan fingerprint density at radius 2 is 1.87 bits per heavy atom. The van der Waals surface area contributed by atoms with E-state index in [-0.39, 0.29) is 41.2 Å². The van der Waals surface area contributed by atoms with Gasteiger partial charge in [0, 0.05) is 18.7 Å². The number of fused-ring (bicyclic) bond motifs is 5. The van der Waals surface area contributed by atoms with E-state index >= 15 is 0 Å². The highest BCUT2D eigenvalue weighted by Gasteiger charge is 2.59.